The number of esters is 4. The largest absolute Gasteiger partial charge is 0.472 e. The molecule has 0 fully saturated rings. The number of carbonyl (C=O) groups is 4. The first-order valence-corrected chi connectivity index (χ1v) is 45.5. The fraction of sp³-hybridized carbons (Fsp3) is 0.951. The molecular formula is C82H160O17P2. The lowest BCUT2D eigenvalue weighted by Crippen LogP contribution is -2.30. The minimum atomic E-state index is -4.96. The summed E-state index contributed by atoms with van der Waals surface area (Å²) >= 11 is 0. The number of unbranched alkanes of at least 4 members (excludes halogenated alkanes) is 51. The Kier molecular flexibility index (Phi) is 72.2. The molecule has 0 amide bonds. The van der Waals surface area contributed by atoms with Gasteiger partial charge in [0.25, 0.3) is 0 Å². The SMILES string of the molecule is CCCCCCCCCCCCCCCCCCCCC(=O)O[C@H](COC(=O)CCCCCCCCCCCCCCCCC(C)C)COP(=O)(O)OC[C@@H](O)COP(=O)(O)OC[C@@H](COC(=O)CCCCCCCCCCCCC)OC(=O)CCCCCCCCCCCCCCC(C)C. The molecule has 0 spiro atoms. The molecule has 0 saturated heterocycles. The summed E-state index contributed by atoms with van der Waals surface area (Å²) in [7, 11) is -9.92. The van der Waals surface area contributed by atoms with Gasteiger partial charge in [-0.15, -0.1) is 0 Å². The van der Waals surface area contributed by atoms with Crippen LogP contribution in [-0.4, -0.2) is 96.7 Å². The molecule has 5 atom stereocenters. The van der Waals surface area contributed by atoms with Gasteiger partial charge < -0.3 is 33.8 Å². The summed E-state index contributed by atoms with van der Waals surface area (Å²) in [5, 5.41) is 10.7. The van der Waals surface area contributed by atoms with Gasteiger partial charge in [0.2, 0.25) is 0 Å². The Morgan fingerprint density at radius 1 is 0.267 bits per heavy atom. The molecule has 0 aliphatic carbocycles. The highest BCUT2D eigenvalue weighted by Gasteiger charge is 2.30. The van der Waals surface area contributed by atoms with E-state index in [1.807, 2.05) is 0 Å². The number of aliphatic hydroxyl groups is 1. The predicted molar refractivity (Wildman–Crippen MR) is 414 cm³/mol. The number of rotatable bonds is 81. The summed E-state index contributed by atoms with van der Waals surface area (Å²) in [5.74, 6) is -0.529. The Balaban J connectivity index is 5.25. The summed E-state index contributed by atoms with van der Waals surface area (Å²) in [6, 6.07) is 0. The first-order valence-electron chi connectivity index (χ1n) is 42.5. The lowest BCUT2D eigenvalue weighted by atomic mass is 10.0. The van der Waals surface area contributed by atoms with Crippen LogP contribution in [0.4, 0.5) is 0 Å². The van der Waals surface area contributed by atoms with Crippen molar-refractivity contribution < 1.29 is 80.2 Å². The van der Waals surface area contributed by atoms with Crippen molar-refractivity contribution in [2.75, 3.05) is 39.6 Å². The molecule has 101 heavy (non-hydrogen) atoms. The van der Waals surface area contributed by atoms with Crippen molar-refractivity contribution >= 4 is 39.5 Å². The number of hydrogen-bond acceptors (Lipinski definition) is 15. The number of aliphatic hydroxyl groups excluding tert-OH is 1. The molecule has 0 aromatic carbocycles. The quantitative estimate of drug-likeness (QED) is 0.0222. The molecule has 0 aliphatic rings. The normalized spacial score (nSPS) is 13.9. The first kappa shape index (κ1) is 99.1. The number of phosphoric acid groups is 2. The molecule has 0 aliphatic heterocycles. The Hall–Kier alpha value is -1.94. The number of hydrogen-bond donors (Lipinski definition) is 3. The third-order valence-electron chi connectivity index (χ3n) is 19.2. The number of carbonyl (C=O) groups excluding carboxylic acids is 4. The molecule has 0 bridgehead atoms. The van der Waals surface area contributed by atoms with E-state index >= 15 is 0 Å². The summed E-state index contributed by atoms with van der Waals surface area (Å²) < 4.78 is 68.8. The molecule has 19 heteroatoms. The van der Waals surface area contributed by atoms with Crippen molar-refractivity contribution in [2.24, 2.45) is 11.8 Å². The molecule has 0 saturated carbocycles. The van der Waals surface area contributed by atoms with Gasteiger partial charge in [-0.1, -0.05) is 382 Å². The van der Waals surface area contributed by atoms with Crippen LogP contribution in [-0.2, 0) is 65.4 Å². The Bertz CT molecular complexity index is 1940. The first-order chi connectivity index (χ1) is 48.9. The molecule has 0 aromatic heterocycles. The maximum absolute atomic E-state index is 13.1. The van der Waals surface area contributed by atoms with Crippen LogP contribution in [0, 0.1) is 11.8 Å². The summed E-state index contributed by atoms with van der Waals surface area (Å²) in [6.45, 7) is 9.68. The highest BCUT2D eigenvalue weighted by atomic mass is 31.2. The van der Waals surface area contributed by atoms with Crippen molar-refractivity contribution in [3.05, 3.63) is 0 Å². The van der Waals surface area contributed by atoms with Gasteiger partial charge in [0.1, 0.15) is 19.3 Å². The lowest BCUT2D eigenvalue weighted by molar-refractivity contribution is -0.161. The Morgan fingerprint density at radius 2 is 0.455 bits per heavy atom. The molecule has 17 nitrogen and oxygen atoms in total. The molecule has 0 heterocycles. The van der Waals surface area contributed by atoms with E-state index in [-0.39, 0.29) is 25.7 Å². The van der Waals surface area contributed by atoms with E-state index in [1.54, 1.807) is 0 Å². The van der Waals surface area contributed by atoms with Crippen molar-refractivity contribution in [3.63, 3.8) is 0 Å². The van der Waals surface area contributed by atoms with Crippen LogP contribution in [0.3, 0.4) is 0 Å². The van der Waals surface area contributed by atoms with Gasteiger partial charge in [0, 0.05) is 25.7 Å². The van der Waals surface area contributed by atoms with E-state index in [4.69, 9.17) is 37.0 Å². The van der Waals surface area contributed by atoms with Crippen LogP contribution in [0.15, 0.2) is 0 Å². The van der Waals surface area contributed by atoms with Gasteiger partial charge in [0.15, 0.2) is 12.2 Å². The molecule has 600 valence electrons. The second-order valence-electron chi connectivity index (χ2n) is 30.5. The van der Waals surface area contributed by atoms with Crippen molar-refractivity contribution in [3.8, 4) is 0 Å². The molecule has 3 N–H and O–H groups in total. The van der Waals surface area contributed by atoms with Crippen molar-refractivity contribution in [2.45, 2.75) is 452 Å². The average molecular weight is 1480 g/mol. The second-order valence-corrected chi connectivity index (χ2v) is 33.4. The van der Waals surface area contributed by atoms with Crippen LogP contribution in [0.2, 0.25) is 0 Å². The minimum absolute atomic E-state index is 0.107. The Labute approximate surface area is 619 Å². The van der Waals surface area contributed by atoms with Gasteiger partial charge >= 0.3 is 39.5 Å². The van der Waals surface area contributed by atoms with Crippen LogP contribution in [0.25, 0.3) is 0 Å². The maximum Gasteiger partial charge on any atom is 0.472 e. The van der Waals surface area contributed by atoms with Gasteiger partial charge in [-0.3, -0.25) is 37.3 Å². The van der Waals surface area contributed by atoms with Crippen LogP contribution in [0.1, 0.15) is 433 Å². The highest BCUT2D eigenvalue weighted by molar-refractivity contribution is 7.47. The fourth-order valence-corrected chi connectivity index (χ4v) is 14.3. The summed E-state index contributed by atoms with van der Waals surface area (Å²) in [6.07, 6.45) is 63.7. The van der Waals surface area contributed by atoms with Crippen LogP contribution >= 0.6 is 15.6 Å². The zero-order valence-corrected chi connectivity index (χ0v) is 68.0. The van der Waals surface area contributed by atoms with E-state index in [0.29, 0.717) is 25.7 Å². The smallest absolute Gasteiger partial charge is 0.462 e. The van der Waals surface area contributed by atoms with E-state index in [9.17, 15) is 43.2 Å². The molecular weight excluding hydrogens is 1320 g/mol. The third kappa shape index (κ3) is 76.1. The zero-order chi connectivity index (χ0) is 74.2. The average Bonchev–Trinajstić information content (AvgIpc) is 1.32. The van der Waals surface area contributed by atoms with Gasteiger partial charge in [-0.05, 0) is 37.5 Å². The molecule has 0 radical (unpaired) electrons. The van der Waals surface area contributed by atoms with E-state index in [1.165, 1.54) is 250 Å². The van der Waals surface area contributed by atoms with E-state index in [2.05, 4.69) is 41.5 Å². The standard InChI is InChI=1S/C82H160O17P2/c1-7-9-11-13-15-17-19-20-21-22-23-24-29-36-42-48-54-60-66-81(86)98-78(71-93-80(85)65-59-53-47-41-35-28-26-25-27-33-38-44-50-56-62-74(3)4)73-97-101(90,91)95-69-76(83)68-94-100(88,89)96-72-77(70-92-79(84)64-58-52-46-40-32-18-16-14-12-10-8-2)99-82(87)67-61-55-49-43-37-31-30-34-39-45-51-57-63-75(5)6/h74-78,83H,7-73H2,1-6H3,(H,88,89)(H,90,91)/t76-,77+,78+/m0/s1. The monoisotopic (exact) mass is 1480 g/mol. The minimum Gasteiger partial charge on any atom is -0.462 e. The second kappa shape index (κ2) is 73.6. The lowest BCUT2D eigenvalue weighted by Gasteiger charge is -2.21. The molecule has 0 rings (SSSR count). The zero-order valence-electron chi connectivity index (χ0n) is 66.2. The molecule has 2 unspecified atom stereocenters. The van der Waals surface area contributed by atoms with Crippen LogP contribution < -0.4 is 0 Å². The van der Waals surface area contributed by atoms with Gasteiger partial charge in [-0.2, -0.15) is 0 Å². The van der Waals surface area contributed by atoms with Gasteiger partial charge in [0.05, 0.1) is 26.4 Å². The summed E-state index contributed by atoms with van der Waals surface area (Å²) in [4.78, 5) is 73.1. The summed E-state index contributed by atoms with van der Waals surface area (Å²) in [5.41, 5.74) is 0. The third-order valence-corrected chi connectivity index (χ3v) is 21.1. The highest BCUT2D eigenvalue weighted by Crippen LogP contribution is 2.45. The number of phosphoric ester groups is 2. The maximum atomic E-state index is 13.1. The fourth-order valence-electron chi connectivity index (χ4n) is 12.7. The Morgan fingerprint density at radius 3 is 0.673 bits per heavy atom. The number of ether oxygens (including phenoxy) is 4. The van der Waals surface area contributed by atoms with Crippen molar-refractivity contribution in [1.82, 2.24) is 0 Å². The molecule has 0 aromatic rings. The predicted octanol–water partition coefficient (Wildman–Crippen LogP) is 24.7. The van der Waals surface area contributed by atoms with E-state index in [0.717, 1.165) is 102 Å². The topological polar surface area (TPSA) is 237 Å². The van der Waals surface area contributed by atoms with Crippen molar-refractivity contribution in [1.29, 1.82) is 0 Å². The van der Waals surface area contributed by atoms with Gasteiger partial charge in [-0.25, -0.2) is 9.13 Å². The van der Waals surface area contributed by atoms with E-state index < -0.39 is 97.5 Å². The van der Waals surface area contributed by atoms with Crippen LogP contribution in [0.5, 0.6) is 0 Å².